The summed E-state index contributed by atoms with van der Waals surface area (Å²) in [4.78, 5) is 39.6. The molecule has 0 aliphatic heterocycles. The predicted octanol–water partition coefficient (Wildman–Crippen LogP) is 6.40. The Morgan fingerprint density at radius 2 is 1.74 bits per heavy atom. The minimum absolute atomic E-state index is 0. The second kappa shape index (κ2) is 13.1. The van der Waals surface area contributed by atoms with Gasteiger partial charge in [0, 0.05) is 28.2 Å². The number of halogens is 5. The molecule has 0 aliphatic rings. The highest BCUT2D eigenvalue weighted by Crippen LogP contribution is 2.31. The Labute approximate surface area is 232 Å². The molecule has 0 fully saturated rings. The predicted molar refractivity (Wildman–Crippen MR) is 145 cm³/mol. The van der Waals surface area contributed by atoms with Gasteiger partial charge in [0.25, 0.3) is 0 Å². The Morgan fingerprint density at radius 1 is 1.08 bits per heavy atom. The Hall–Kier alpha value is -3.09. The summed E-state index contributed by atoms with van der Waals surface area (Å²) in [5, 5.41) is 5.70. The molecule has 0 saturated heterocycles. The van der Waals surface area contributed by atoms with Gasteiger partial charge in [-0.3, -0.25) is 19.1 Å². The van der Waals surface area contributed by atoms with Crippen LogP contribution >= 0.6 is 28.3 Å². The number of urea groups is 1. The second-order valence-corrected chi connectivity index (χ2v) is 9.31. The number of likely N-dealkylation sites (N-methyl/N-ethyl adjacent to an activating group) is 1. The first-order valence-corrected chi connectivity index (χ1v) is 12.1. The minimum atomic E-state index is -4.48. The largest absolute Gasteiger partial charge is 0.465 e. The molecule has 0 spiro atoms. The standard InChI is InChI=1S/C25H26BrF3N4O4.ClH/c1-4-37-23(35)21(32(2)3)11-12-22(34)33-14-19(18-13-16(26)7-10-20(18)33)31-24(36)30-17-8-5-15(6-9-17)25(27,28)29;/h5-10,13-14,21H,4,11-12H2,1-3H3,(H2,30,31,36);1H. The smallest absolute Gasteiger partial charge is 0.416 e. The number of amides is 2. The number of anilines is 2. The van der Waals surface area contributed by atoms with Crippen molar-refractivity contribution in [2.24, 2.45) is 0 Å². The normalized spacial score (nSPS) is 12.1. The monoisotopic (exact) mass is 618 g/mol. The van der Waals surface area contributed by atoms with Crippen LogP contribution in [0.3, 0.4) is 0 Å². The van der Waals surface area contributed by atoms with Gasteiger partial charge in [-0.1, -0.05) is 15.9 Å². The third kappa shape index (κ3) is 7.71. The van der Waals surface area contributed by atoms with Crippen LogP contribution in [0.4, 0.5) is 29.3 Å². The van der Waals surface area contributed by atoms with Gasteiger partial charge in [0.15, 0.2) is 0 Å². The van der Waals surface area contributed by atoms with Gasteiger partial charge in [0.1, 0.15) is 6.04 Å². The number of hydrogen-bond donors (Lipinski definition) is 2. The topological polar surface area (TPSA) is 92.7 Å². The fourth-order valence-corrected chi connectivity index (χ4v) is 4.10. The maximum atomic E-state index is 13.1. The van der Waals surface area contributed by atoms with E-state index in [2.05, 4.69) is 26.6 Å². The zero-order valence-corrected chi connectivity index (χ0v) is 23.2. The maximum absolute atomic E-state index is 13.1. The van der Waals surface area contributed by atoms with Gasteiger partial charge in [-0.2, -0.15) is 13.2 Å². The average molecular weight is 620 g/mol. The van der Waals surface area contributed by atoms with E-state index in [0.29, 0.717) is 21.1 Å². The highest BCUT2D eigenvalue weighted by molar-refractivity contribution is 9.10. The summed E-state index contributed by atoms with van der Waals surface area (Å²) >= 11 is 3.38. The summed E-state index contributed by atoms with van der Waals surface area (Å²) in [5.41, 5.74) is 0.198. The van der Waals surface area contributed by atoms with Crippen LogP contribution in [-0.4, -0.2) is 54.1 Å². The molecule has 38 heavy (non-hydrogen) atoms. The first kappa shape index (κ1) is 31.1. The molecule has 0 aliphatic carbocycles. The van der Waals surface area contributed by atoms with E-state index in [1.165, 1.54) is 10.8 Å². The van der Waals surface area contributed by atoms with Crippen molar-refractivity contribution < 1.29 is 32.3 Å². The number of aromatic nitrogens is 1. The van der Waals surface area contributed by atoms with E-state index >= 15 is 0 Å². The number of carbonyl (C=O) groups is 3. The summed E-state index contributed by atoms with van der Waals surface area (Å²) in [6.45, 7) is 1.94. The molecule has 13 heteroatoms. The van der Waals surface area contributed by atoms with Gasteiger partial charge in [-0.15, -0.1) is 12.4 Å². The lowest BCUT2D eigenvalue weighted by Gasteiger charge is -2.22. The molecule has 3 rings (SSSR count). The first-order chi connectivity index (χ1) is 17.4. The summed E-state index contributed by atoms with van der Waals surface area (Å²) in [6, 6.07) is 7.95. The fraction of sp³-hybridized carbons (Fsp3) is 0.320. The van der Waals surface area contributed by atoms with E-state index in [9.17, 15) is 27.6 Å². The first-order valence-electron chi connectivity index (χ1n) is 11.3. The Morgan fingerprint density at radius 3 is 2.32 bits per heavy atom. The van der Waals surface area contributed by atoms with Crippen LogP contribution in [0.15, 0.2) is 53.1 Å². The van der Waals surface area contributed by atoms with E-state index in [0.717, 1.165) is 24.3 Å². The van der Waals surface area contributed by atoms with Crippen LogP contribution in [-0.2, 0) is 15.7 Å². The number of nitrogens with zero attached hydrogens (tertiary/aromatic N) is 2. The Kier molecular flexibility index (Phi) is 10.7. The number of rotatable bonds is 8. The molecule has 2 amide bonds. The molecule has 8 nitrogen and oxygen atoms in total. The summed E-state index contributed by atoms with van der Waals surface area (Å²) in [6.07, 6.45) is -2.73. The molecular weight excluding hydrogens is 593 g/mol. The number of esters is 1. The molecule has 2 aromatic carbocycles. The number of alkyl halides is 3. The van der Waals surface area contributed by atoms with E-state index in [-0.39, 0.29) is 43.5 Å². The zero-order valence-electron chi connectivity index (χ0n) is 20.8. The molecule has 0 bridgehead atoms. The minimum Gasteiger partial charge on any atom is -0.465 e. The van der Waals surface area contributed by atoms with Gasteiger partial charge >= 0.3 is 18.2 Å². The number of hydrogen-bond acceptors (Lipinski definition) is 5. The van der Waals surface area contributed by atoms with Crippen molar-refractivity contribution in [1.82, 2.24) is 9.47 Å². The molecule has 1 unspecified atom stereocenters. The van der Waals surface area contributed by atoms with Gasteiger partial charge < -0.3 is 15.4 Å². The molecule has 1 heterocycles. The number of carbonyl (C=O) groups excluding carboxylic acids is 3. The Bertz CT molecular complexity index is 1300. The fourth-order valence-electron chi connectivity index (χ4n) is 3.74. The van der Waals surface area contributed by atoms with Crippen molar-refractivity contribution in [1.29, 1.82) is 0 Å². The van der Waals surface area contributed by atoms with Crippen LogP contribution in [0.2, 0.25) is 0 Å². The molecule has 0 saturated carbocycles. The van der Waals surface area contributed by atoms with E-state index < -0.39 is 29.8 Å². The van der Waals surface area contributed by atoms with Gasteiger partial charge in [-0.05, 0) is 69.9 Å². The zero-order chi connectivity index (χ0) is 27.3. The highest BCUT2D eigenvalue weighted by atomic mass is 79.9. The van der Waals surface area contributed by atoms with E-state index in [1.807, 2.05) is 0 Å². The third-order valence-electron chi connectivity index (χ3n) is 5.57. The van der Waals surface area contributed by atoms with Gasteiger partial charge in [0.2, 0.25) is 5.91 Å². The number of benzene rings is 2. The molecule has 1 aromatic heterocycles. The lowest BCUT2D eigenvalue weighted by Crippen LogP contribution is -2.37. The number of nitrogens with one attached hydrogen (secondary N) is 2. The Balaban J connectivity index is 0.00000507. The van der Waals surface area contributed by atoms with Crippen LogP contribution < -0.4 is 10.6 Å². The van der Waals surface area contributed by atoms with E-state index in [4.69, 9.17) is 4.74 Å². The van der Waals surface area contributed by atoms with Crippen molar-refractivity contribution in [3.63, 3.8) is 0 Å². The second-order valence-electron chi connectivity index (χ2n) is 8.39. The average Bonchev–Trinajstić information content (AvgIpc) is 3.16. The van der Waals surface area contributed by atoms with Crippen LogP contribution in [0.5, 0.6) is 0 Å². The van der Waals surface area contributed by atoms with Gasteiger partial charge in [0.05, 0.1) is 23.4 Å². The van der Waals surface area contributed by atoms with Crippen molar-refractivity contribution in [3.8, 4) is 0 Å². The van der Waals surface area contributed by atoms with Crippen molar-refractivity contribution in [2.75, 3.05) is 31.3 Å². The summed E-state index contributed by atoms with van der Waals surface area (Å²) in [7, 11) is 3.46. The molecule has 2 N–H and O–H groups in total. The van der Waals surface area contributed by atoms with Crippen molar-refractivity contribution in [3.05, 3.63) is 58.7 Å². The van der Waals surface area contributed by atoms with Crippen molar-refractivity contribution >= 4 is 68.5 Å². The molecule has 0 radical (unpaired) electrons. The highest BCUT2D eigenvalue weighted by Gasteiger charge is 2.30. The van der Waals surface area contributed by atoms with Crippen LogP contribution in [0.1, 0.15) is 30.1 Å². The number of fused-ring (bicyclic) bond motifs is 1. The lowest BCUT2D eigenvalue weighted by molar-refractivity contribution is -0.148. The molecular formula is C25H27BrClF3N4O4. The van der Waals surface area contributed by atoms with Gasteiger partial charge in [-0.25, -0.2) is 4.79 Å². The molecule has 3 aromatic rings. The van der Waals surface area contributed by atoms with Crippen LogP contribution in [0.25, 0.3) is 10.9 Å². The number of ether oxygens (including phenoxy) is 1. The third-order valence-corrected chi connectivity index (χ3v) is 6.06. The molecule has 1 atom stereocenters. The van der Waals surface area contributed by atoms with Crippen LogP contribution in [0, 0.1) is 0 Å². The summed E-state index contributed by atoms with van der Waals surface area (Å²) < 4.78 is 45.5. The SMILES string of the molecule is CCOC(=O)C(CCC(=O)n1cc(NC(=O)Nc2ccc(C(F)(F)F)cc2)c2cc(Br)ccc21)N(C)C.Cl. The molecule has 206 valence electrons. The summed E-state index contributed by atoms with van der Waals surface area (Å²) in [5.74, 6) is -0.705. The quantitative estimate of drug-likeness (QED) is 0.285. The lowest BCUT2D eigenvalue weighted by atomic mass is 10.1. The van der Waals surface area contributed by atoms with Crippen molar-refractivity contribution in [2.45, 2.75) is 32.0 Å². The maximum Gasteiger partial charge on any atom is 0.416 e. The van der Waals surface area contributed by atoms with E-state index in [1.54, 1.807) is 44.1 Å².